The second-order valence-corrected chi connectivity index (χ2v) is 6.18. The zero-order valence-corrected chi connectivity index (χ0v) is 14.1. The van der Waals surface area contributed by atoms with Crippen LogP contribution in [0.4, 0.5) is 0 Å². The van der Waals surface area contributed by atoms with Crippen LogP contribution in [0.5, 0.6) is 0 Å². The lowest BCUT2D eigenvalue weighted by Gasteiger charge is -2.26. The molecule has 3 rings (SSSR count). The standard InChI is InChI=1S/C18H16N4S/c1-12-6-4-7-14(10-12)18(8-5-9-20-18)16-15(11-19)13(2)21-17(22-16)23-3/h4-10H,1-3H3. The van der Waals surface area contributed by atoms with Gasteiger partial charge in [-0.15, -0.1) is 0 Å². The molecule has 0 saturated carbocycles. The minimum absolute atomic E-state index is 0.494. The monoisotopic (exact) mass is 320 g/mol. The maximum absolute atomic E-state index is 9.63. The molecule has 4 nitrogen and oxygen atoms in total. The van der Waals surface area contributed by atoms with Crippen molar-refractivity contribution in [3.63, 3.8) is 0 Å². The summed E-state index contributed by atoms with van der Waals surface area (Å²) in [4.78, 5) is 13.7. The third kappa shape index (κ3) is 2.55. The lowest BCUT2D eigenvalue weighted by molar-refractivity contribution is 0.646. The van der Waals surface area contributed by atoms with E-state index in [-0.39, 0.29) is 0 Å². The average Bonchev–Trinajstić information content (AvgIpc) is 3.05. The van der Waals surface area contributed by atoms with E-state index >= 15 is 0 Å². The Hall–Kier alpha value is -2.45. The van der Waals surface area contributed by atoms with Gasteiger partial charge in [0.2, 0.25) is 0 Å². The van der Waals surface area contributed by atoms with Gasteiger partial charge in [0.05, 0.1) is 17.0 Å². The van der Waals surface area contributed by atoms with Crippen molar-refractivity contribution in [2.24, 2.45) is 4.99 Å². The van der Waals surface area contributed by atoms with Gasteiger partial charge in [0.25, 0.3) is 0 Å². The van der Waals surface area contributed by atoms with E-state index in [2.05, 4.69) is 27.1 Å². The molecule has 1 atom stereocenters. The fraction of sp³-hybridized carbons (Fsp3) is 0.222. The quantitative estimate of drug-likeness (QED) is 0.640. The number of aryl methyl sites for hydroxylation is 2. The topological polar surface area (TPSA) is 61.9 Å². The molecule has 114 valence electrons. The summed E-state index contributed by atoms with van der Waals surface area (Å²) in [7, 11) is 0. The normalized spacial score (nSPS) is 19.0. The summed E-state index contributed by atoms with van der Waals surface area (Å²) in [6.07, 6.45) is 7.59. The second kappa shape index (κ2) is 5.98. The minimum Gasteiger partial charge on any atom is -0.271 e. The molecule has 5 heteroatoms. The van der Waals surface area contributed by atoms with Crippen molar-refractivity contribution in [1.82, 2.24) is 9.97 Å². The van der Waals surface area contributed by atoms with E-state index in [1.807, 2.05) is 50.5 Å². The van der Waals surface area contributed by atoms with Crippen LogP contribution in [0, 0.1) is 25.2 Å². The van der Waals surface area contributed by atoms with Gasteiger partial charge in [-0.05, 0) is 37.8 Å². The van der Waals surface area contributed by atoms with Gasteiger partial charge in [-0.1, -0.05) is 41.6 Å². The largest absolute Gasteiger partial charge is 0.271 e. The second-order valence-electron chi connectivity index (χ2n) is 5.40. The molecule has 0 radical (unpaired) electrons. The molecular formula is C18H16N4S. The SMILES string of the molecule is CSc1nc(C)c(C#N)c(C2(c3cccc(C)c3)C=CC=N2)n1. The first-order chi connectivity index (χ1) is 11.1. The number of rotatable bonds is 3. The number of hydrogen-bond donors (Lipinski definition) is 0. The lowest BCUT2D eigenvalue weighted by atomic mass is 9.84. The van der Waals surface area contributed by atoms with E-state index in [1.165, 1.54) is 11.8 Å². The first-order valence-electron chi connectivity index (χ1n) is 7.24. The molecule has 2 heterocycles. The molecular weight excluding hydrogens is 304 g/mol. The molecule has 1 aromatic carbocycles. The third-order valence-corrected chi connectivity index (χ3v) is 4.43. The molecule has 0 aliphatic carbocycles. The lowest BCUT2D eigenvalue weighted by Crippen LogP contribution is -2.25. The molecule has 0 fully saturated rings. The van der Waals surface area contributed by atoms with Gasteiger partial charge in [0.1, 0.15) is 11.6 Å². The minimum atomic E-state index is -0.755. The molecule has 0 N–H and O–H groups in total. The van der Waals surface area contributed by atoms with E-state index in [0.717, 1.165) is 11.1 Å². The Morgan fingerprint density at radius 1 is 1.22 bits per heavy atom. The predicted octanol–water partition coefficient (Wildman–Crippen LogP) is 3.57. The Bertz CT molecular complexity index is 850. The van der Waals surface area contributed by atoms with Gasteiger partial charge in [-0.3, -0.25) is 4.99 Å². The molecule has 0 bridgehead atoms. The van der Waals surface area contributed by atoms with Crippen molar-refractivity contribution in [2.75, 3.05) is 6.26 Å². The van der Waals surface area contributed by atoms with Gasteiger partial charge < -0.3 is 0 Å². The van der Waals surface area contributed by atoms with Gasteiger partial charge in [-0.2, -0.15) is 5.26 Å². The fourth-order valence-corrected chi connectivity index (χ4v) is 3.17. The van der Waals surface area contributed by atoms with Crippen LogP contribution in [0.1, 0.15) is 28.1 Å². The van der Waals surface area contributed by atoms with Crippen LogP contribution in [-0.4, -0.2) is 22.4 Å². The Morgan fingerprint density at radius 3 is 2.65 bits per heavy atom. The van der Waals surface area contributed by atoms with Gasteiger partial charge in [0.15, 0.2) is 5.16 Å². The number of hydrogen-bond acceptors (Lipinski definition) is 5. The Morgan fingerprint density at radius 2 is 2.04 bits per heavy atom. The van der Waals surface area contributed by atoms with Crippen LogP contribution < -0.4 is 0 Å². The van der Waals surface area contributed by atoms with Crippen LogP contribution in [0.25, 0.3) is 0 Å². The highest BCUT2D eigenvalue weighted by Crippen LogP contribution is 2.39. The van der Waals surface area contributed by atoms with Crippen LogP contribution in [0.3, 0.4) is 0 Å². The number of allylic oxidation sites excluding steroid dienone is 1. The van der Waals surface area contributed by atoms with Gasteiger partial charge in [-0.25, -0.2) is 9.97 Å². The van der Waals surface area contributed by atoms with E-state index in [9.17, 15) is 5.26 Å². The Labute approximate surface area is 140 Å². The number of aromatic nitrogens is 2. The van der Waals surface area contributed by atoms with Crippen LogP contribution in [-0.2, 0) is 5.54 Å². The summed E-state index contributed by atoms with van der Waals surface area (Å²) in [6, 6.07) is 10.4. The van der Waals surface area contributed by atoms with Crippen molar-refractivity contribution in [3.8, 4) is 6.07 Å². The Kier molecular flexibility index (Phi) is 4.01. The van der Waals surface area contributed by atoms with E-state index in [1.54, 1.807) is 6.21 Å². The smallest absolute Gasteiger partial charge is 0.187 e. The first-order valence-corrected chi connectivity index (χ1v) is 8.46. The van der Waals surface area contributed by atoms with Crippen molar-refractivity contribution in [1.29, 1.82) is 5.26 Å². The molecule has 0 amide bonds. The number of aliphatic imine (C=N–C) groups is 1. The number of nitrogens with zero attached hydrogens (tertiary/aromatic N) is 4. The van der Waals surface area contributed by atoms with Crippen LogP contribution >= 0.6 is 11.8 Å². The summed E-state index contributed by atoms with van der Waals surface area (Å²) < 4.78 is 0. The van der Waals surface area contributed by atoms with Gasteiger partial charge in [0, 0.05) is 6.21 Å². The van der Waals surface area contributed by atoms with Crippen molar-refractivity contribution in [2.45, 2.75) is 24.5 Å². The maximum Gasteiger partial charge on any atom is 0.187 e. The van der Waals surface area contributed by atoms with Crippen molar-refractivity contribution < 1.29 is 0 Å². The average molecular weight is 320 g/mol. The molecule has 1 aliphatic rings. The summed E-state index contributed by atoms with van der Waals surface area (Å²) in [5, 5.41) is 10.3. The van der Waals surface area contributed by atoms with Crippen LogP contribution in [0.15, 0.2) is 46.6 Å². The zero-order chi connectivity index (χ0) is 16.4. The molecule has 1 aliphatic heterocycles. The highest BCUT2D eigenvalue weighted by Gasteiger charge is 2.37. The van der Waals surface area contributed by atoms with Crippen molar-refractivity contribution in [3.05, 3.63) is 64.5 Å². The summed E-state index contributed by atoms with van der Waals surface area (Å²) in [5.41, 5.74) is 3.22. The molecule has 23 heavy (non-hydrogen) atoms. The zero-order valence-electron chi connectivity index (χ0n) is 13.2. The predicted molar refractivity (Wildman–Crippen MR) is 92.9 cm³/mol. The van der Waals surface area contributed by atoms with Gasteiger partial charge >= 0.3 is 0 Å². The maximum atomic E-state index is 9.63. The highest BCUT2D eigenvalue weighted by molar-refractivity contribution is 7.98. The van der Waals surface area contributed by atoms with Crippen molar-refractivity contribution >= 4 is 18.0 Å². The molecule has 0 spiro atoms. The molecule has 2 aromatic rings. The number of thioether (sulfide) groups is 1. The molecule has 1 aromatic heterocycles. The van der Waals surface area contributed by atoms with E-state index < -0.39 is 5.54 Å². The van der Waals surface area contributed by atoms with E-state index in [0.29, 0.717) is 22.1 Å². The number of benzene rings is 1. The molecule has 0 saturated heterocycles. The third-order valence-electron chi connectivity index (χ3n) is 3.88. The highest BCUT2D eigenvalue weighted by atomic mass is 32.2. The fourth-order valence-electron chi connectivity index (χ4n) is 2.76. The number of nitriles is 1. The van der Waals surface area contributed by atoms with Crippen LogP contribution in [0.2, 0.25) is 0 Å². The summed E-state index contributed by atoms with van der Waals surface area (Å²) in [6.45, 7) is 3.89. The molecule has 1 unspecified atom stereocenters. The summed E-state index contributed by atoms with van der Waals surface area (Å²) >= 11 is 1.46. The summed E-state index contributed by atoms with van der Waals surface area (Å²) in [5.74, 6) is 0. The Balaban J connectivity index is 2.33. The first kappa shape index (κ1) is 15.4. The van der Waals surface area contributed by atoms with E-state index in [4.69, 9.17) is 0 Å².